The highest BCUT2D eigenvalue weighted by Crippen LogP contribution is 2.25. The lowest BCUT2D eigenvalue weighted by Crippen LogP contribution is -2.50. The highest BCUT2D eigenvalue weighted by molar-refractivity contribution is 6.01. The van der Waals surface area contributed by atoms with Crippen LogP contribution >= 0.6 is 0 Å². The third-order valence-electron chi connectivity index (χ3n) is 5.63. The van der Waals surface area contributed by atoms with Crippen LogP contribution in [-0.4, -0.2) is 27.6 Å². The number of amides is 2. The number of benzene rings is 3. The molecule has 1 N–H and O–H groups in total. The number of aromatic nitrogens is 2. The number of nitrogens with zero attached hydrogens (tertiary/aromatic N) is 3. The first-order valence-corrected chi connectivity index (χ1v) is 11.2. The summed E-state index contributed by atoms with van der Waals surface area (Å²) in [6, 6.07) is 25.8. The van der Waals surface area contributed by atoms with Crippen LogP contribution in [0.15, 0.2) is 91.1 Å². The number of para-hydroxylation sites is 1. The quantitative estimate of drug-likeness (QED) is 0.433. The summed E-state index contributed by atoms with van der Waals surface area (Å²) < 4.78 is 7.37. The van der Waals surface area contributed by atoms with Gasteiger partial charge in [0.15, 0.2) is 0 Å². The van der Waals surface area contributed by atoms with Gasteiger partial charge in [-0.2, -0.15) is 5.10 Å². The van der Waals surface area contributed by atoms with Gasteiger partial charge >= 0.3 is 5.97 Å². The summed E-state index contributed by atoms with van der Waals surface area (Å²) in [5.41, 5.74) is 6.68. The summed E-state index contributed by atoms with van der Waals surface area (Å²) in [5, 5.41) is 5.93. The van der Waals surface area contributed by atoms with E-state index >= 15 is 0 Å². The van der Waals surface area contributed by atoms with E-state index in [1.54, 1.807) is 28.9 Å². The lowest BCUT2D eigenvalue weighted by molar-refractivity contribution is -0.130. The number of nitrogens with one attached hydrogen (secondary N) is 1. The van der Waals surface area contributed by atoms with Crippen molar-refractivity contribution in [3.8, 4) is 16.9 Å². The molecule has 8 nitrogen and oxygen atoms in total. The van der Waals surface area contributed by atoms with Gasteiger partial charge in [0.2, 0.25) is 11.8 Å². The van der Waals surface area contributed by atoms with E-state index < -0.39 is 5.97 Å². The molecule has 2 amide bonds. The second-order valence-electron chi connectivity index (χ2n) is 8.04. The molecule has 4 aromatic rings. The number of anilines is 1. The van der Waals surface area contributed by atoms with Crippen LogP contribution < -0.4 is 10.4 Å². The molecule has 1 aromatic heterocycles. The summed E-state index contributed by atoms with van der Waals surface area (Å²) in [5.74, 6) is -0.931. The van der Waals surface area contributed by atoms with Crippen molar-refractivity contribution in [2.75, 3.05) is 5.01 Å². The van der Waals surface area contributed by atoms with Gasteiger partial charge in [-0.05, 0) is 36.4 Å². The van der Waals surface area contributed by atoms with Crippen molar-refractivity contribution >= 4 is 23.5 Å². The Hall–Kier alpha value is -4.72. The minimum absolute atomic E-state index is 0.0400. The Labute approximate surface area is 201 Å². The first-order chi connectivity index (χ1) is 17.1. The molecule has 1 aliphatic rings. The SMILES string of the molecule is O=C1CCC(=O)N(c2ccc(C(=O)OCc3cn(-c4ccccc4)nc3-c3ccccc3)cc2)N1. The van der Waals surface area contributed by atoms with E-state index in [0.717, 1.165) is 22.5 Å². The largest absolute Gasteiger partial charge is 0.457 e. The highest BCUT2D eigenvalue weighted by atomic mass is 16.5. The maximum atomic E-state index is 12.7. The van der Waals surface area contributed by atoms with Crippen molar-refractivity contribution in [3.63, 3.8) is 0 Å². The molecule has 2 heterocycles. The molecule has 0 spiro atoms. The molecule has 3 aromatic carbocycles. The van der Waals surface area contributed by atoms with Crippen molar-refractivity contribution in [2.24, 2.45) is 0 Å². The Bertz CT molecular complexity index is 1370. The predicted molar refractivity (Wildman–Crippen MR) is 129 cm³/mol. The first-order valence-electron chi connectivity index (χ1n) is 11.2. The maximum Gasteiger partial charge on any atom is 0.338 e. The topological polar surface area (TPSA) is 93.5 Å². The number of hydrogen-bond acceptors (Lipinski definition) is 5. The molecule has 1 aliphatic heterocycles. The van der Waals surface area contributed by atoms with Gasteiger partial charge in [-0.25, -0.2) is 14.5 Å². The van der Waals surface area contributed by atoms with E-state index in [-0.39, 0.29) is 31.3 Å². The number of hydrogen-bond donors (Lipinski definition) is 1. The standard InChI is InChI=1S/C27H22N4O4/c32-24-15-16-25(33)31(28-24)23-13-11-20(12-14-23)27(34)35-18-21-17-30(22-9-5-2-6-10-22)29-26(21)19-7-3-1-4-8-19/h1-14,17H,15-16,18H2,(H,28,32). The molecular weight excluding hydrogens is 444 g/mol. The van der Waals surface area contributed by atoms with Crippen molar-refractivity contribution < 1.29 is 19.1 Å². The lowest BCUT2D eigenvalue weighted by atomic mass is 10.1. The highest BCUT2D eigenvalue weighted by Gasteiger charge is 2.24. The van der Waals surface area contributed by atoms with Crippen molar-refractivity contribution in [1.29, 1.82) is 0 Å². The van der Waals surface area contributed by atoms with Crippen LogP contribution in [0.4, 0.5) is 5.69 Å². The maximum absolute atomic E-state index is 12.7. The number of esters is 1. The van der Waals surface area contributed by atoms with Crippen LogP contribution in [-0.2, 0) is 20.9 Å². The van der Waals surface area contributed by atoms with Gasteiger partial charge < -0.3 is 4.74 Å². The van der Waals surface area contributed by atoms with E-state index in [2.05, 4.69) is 5.43 Å². The summed E-state index contributed by atoms with van der Waals surface area (Å²) in [7, 11) is 0. The first kappa shape index (κ1) is 22.1. The third-order valence-corrected chi connectivity index (χ3v) is 5.63. The summed E-state index contributed by atoms with van der Waals surface area (Å²) in [6.45, 7) is 0.0400. The van der Waals surface area contributed by atoms with Gasteiger partial charge in [0.25, 0.3) is 0 Å². The normalized spacial score (nSPS) is 13.4. The third kappa shape index (κ3) is 4.81. The van der Waals surface area contributed by atoms with E-state index in [9.17, 15) is 14.4 Å². The van der Waals surface area contributed by atoms with E-state index in [1.807, 2.05) is 66.9 Å². The van der Waals surface area contributed by atoms with Crippen LogP contribution in [0.5, 0.6) is 0 Å². The zero-order chi connectivity index (χ0) is 24.2. The molecule has 0 aliphatic carbocycles. The van der Waals surface area contributed by atoms with Crippen molar-refractivity contribution in [1.82, 2.24) is 15.2 Å². The summed E-state index contributed by atoms with van der Waals surface area (Å²) in [6.07, 6.45) is 2.18. The van der Waals surface area contributed by atoms with Crippen molar-refractivity contribution in [3.05, 3.63) is 102 Å². The minimum Gasteiger partial charge on any atom is -0.457 e. The molecule has 1 fully saturated rings. The van der Waals surface area contributed by atoms with Crippen molar-refractivity contribution in [2.45, 2.75) is 19.4 Å². The summed E-state index contributed by atoms with van der Waals surface area (Å²) >= 11 is 0. The molecule has 5 rings (SSSR count). The predicted octanol–water partition coefficient (Wildman–Crippen LogP) is 4.05. The number of carbonyl (C=O) groups is 3. The molecule has 0 bridgehead atoms. The minimum atomic E-state index is -0.503. The van der Waals surface area contributed by atoms with Crippen LogP contribution in [0.1, 0.15) is 28.8 Å². The Balaban J connectivity index is 1.33. The van der Waals surface area contributed by atoms with Crippen LogP contribution in [0.2, 0.25) is 0 Å². The average Bonchev–Trinajstić information content (AvgIpc) is 3.34. The molecule has 8 heteroatoms. The van der Waals surface area contributed by atoms with Crippen LogP contribution in [0, 0.1) is 0 Å². The fourth-order valence-electron chi connectivity index (χ4n) is 3.82. The average molecular weight is 466 g/mol. The number of rotatable bonds is 6. The second-order valence-corrected chi connectivity index (χ2v) is 8.04. The smallest absolute Gasteiger partial charge is 0.338 e. The Morgan fingerprint density at radius 3 is 2.26 bits per heavy atom. The van der Waals surface area contributed by atoms with E-state index in [1.165, 1.54) is 5.01 Å². The van der Waals surface area contributed by atoms with Gasteiger partial charge in [-0.3, -0.25) is 15.0 Å². The monoisotopic (exact) mass is 466 g/mol. The van der Waals surface area contributed by atoms with E-state index in [0.29, 0.717) is 11.3 Å². The van der Waals surface area contributed by atoms with Gasteiger partial charge in [0, 0.05) is 30.2 Å². The lowest BCUT2D eigenvalue weighted by Gasteiger charge is -2.27. The van der Waals surface area contributed by atoms with Gasteiger partial charge in [0.1, 0.15) is 6.61 Å². The zero-order valence-corrected chi connectivity index (χ0v) is 18.8. The van der Waals surface area contributed by atoms with Gasteiger partial charge in [0.05, 0.1) is 22.6 Å². The molecular formula is C27H22N4O4. The Kier molecular flexibility index (Phi) is 6.09. The summed E-state index contributed by atoms with van der Waals surface area (Å²) in [4.78, 5) is 36.5. The molecule has 0 unspecified atom stereocenters. The molecule has 0 atom stereocenters. The fraction of sp³-hybridized carbons (Fsp3) is 0.111. The van der Waals surface area contributed by atoms with Gasteiger partial charge in [-0.1, -0.05) is 48.5 Å². The van der Waals surface area contributed by atoms with Gasteiger partial charge in [-0.15, -0.1) is 0 Å². The fourth-order valence-corrected chi connectivity index (χ4v) is 3.82. The molecule has 0 saturated carbocycles. The van der Waals surface area contributed by atoms with Crippen LogP contribution in [0.25, 0.3) is 16.9 Å². The molecule has 174 valence electrons. The van der Waals surface area contributed by atoms with Crippen LogP contribution in [0.3, 0.4) is 0 Å². The second kappa shape index (κ2) is 9.64. The van der Waals surface area contributed by atoms with E-state index in [4.69, 9.17) is 9.84 Å². The molecule has 0 radical (unpaired) electrons. The molecule has 1 saturated heterocycles. The number of ether oxygens (including phenoxy) is 1. The Morgan fingerprint density at radius 2 is 1.54 bits per heavy atom. The Morgan fingerprint density at radius 1 is 0.857 bits per heavy atom. The zero-order valence-electron chi connectivity index (χ0n) is 18.8. The number of hydrazine groups is 1. The molecule has 35 heavy (non-hydrogen) atoms. The number of carbonyl (C=O) groups excluding carboxylic acids is 3.